The van der Waals surface area contributed by atoms with Crippen LogP contribution in [-0.4, -0.2) is 31.2 Å². The Hall–Kier alpha value is -1.60. The molecule has 1 aromatic rings. The predicted octanol–water partition coefficient (Wildman–Crippen LogP) is 1.24. The van der Waals surface area contributed by atoms with Crippen LogP contribution in [0.5, 0.6) is 0 Å². The summed E-state index contributed by atoms with van der Waals surface area (Å²) in [5.41, 5.74) is 3.19. The molecule has 1 aliphatic heterocycles. The maximum absolute atomic E-state index is 9.31. The number of anilines is 1. The number of nitriles is 1. The number of nitrogens with one attached hydrogen (secondary N) is 1. The van der Waals surface area contributed by atoms with Crippen LogP contribution in [-0.2, 0) is 12.8 Å². The highest BCUT2D eigenvalue weighted by molar-refractivity contribution is 5.57. The van der Waals surface area contributed by atoms with Gasteiger partial charge >= 0.3 is 0 Å². The van der Waals surface area contributed by atoms with Gasteiger partial charge in [-0.25, -0.2) is 4.98 Å². The Bertz CT molecular complexity index is 497. The number of rotatable bonds is 2. The van der Waals surface area contributed by atoms with Crippen LogP contribution in [0.25, 0.3) is 0 Å². The molecule has 94 valence electrons. The van der Waals surface area contributed by atoms with Gasteiger partial charge in [-0.05, 0) is 43.9 Å². The Morgan fingerprint density at radius 2 is 2.39 bits per heavy atom. The minimum atomic E-state index is 0.462. The molecule has 0 spiro atoms. The SMILES string of the molecule is CN(c1nc2c(cc1C#N)CCC2)C1CCNC1. The summed E-state index contributed by atoms with van der Waals surface area (Å²) in [4.78, 5) is 6.92. The van der Waals surface area contributed by atoms with E-state index in [9.17, 15) is 5.26 Å². The van der Waals surface area contributed by atoms with Gasteiger partial charge in [-0.3, -0.25) is 0 Å². The first-order valence-corrected chi connectivity index (χ1v) is 6.66. The van der Waals surface area contributed by atoms with E-state index in [0.29, 0.717) is 6.04 Å². The normalized spacial score (nSPS) is 21.7. The van der Waals surface area contributed by atoms with Crippen LogP contribution in [0.1, 0.15) is 29.7 Å². The van der Waals surface area contributed by atoms with Crippen molar-refractivity contribution in [1.29, 1.82) is 5.26 Å². The monoisotopic (exact) mass is 242 g/mol. The van der Waals surface area contributed by atoms with Gasteiger partial charge in [0, 0.05) is 25.3 Å². The quantitative estimate of drug-likeness (QED) is 0.847. The van der Waals surface area contributed by atoms with E-state index < -0.39 is 0 Å². The zero-order chi connectivity index (χ0) is 12.5. The summed E-state index contributed by atoms with van der Waals surface area (Å²) in [6.45, 7) is 2.04. The van der Waals surface area contributed by atoms with Crippen molar-refractivity contribution in [2.45, 2.75) is 31.7 Å². The predicted molar refractivity (Wildman–Crippen MR) is 70.7 cm³/mol. The van der Waals surface area contributed by atoms with E-state index in [1.54, 1.807) is 0 Å². The largest absolute Gasteiger partial charge is 0.354 e. The first-order valence-electron chi connectivity index (χ1n) is 6.66. The van der Waals surface area contributed by atoms with E-state index >= 15 is 0 Å². The van der Waals surface area contributed by atoms with Crippen LogP contribution in [0.2, 0.25) is 0 Å². The molecule has 1 N–H and O–H groups in total. The van der Waals surface area contributed by atoms with Crippen LogP contribution in [0.4, 0.5) is 5.82 Å². The maximum Gasteiger partial charge on any atom is 0.146 e. The maximum atomic E-state index is 9.31. The standard InChI is InChI=1S/C14H18N4/c1-18(12-5-6-16-9-12)14-11(8-15)7-10-3-2-4-13(10)17-14/h7,12,16H,2-6,9H2,1H3. The van der Waals surface area contributed by atoms with E-state index in [1.165, 1.54) is 17.7 Å². The third-order valence-electron chi connectivity index (χ3n) is 4.07. The molecule has 2 heterocycles. The number of nitrogens with zero attached hydrogens (tertiary/aromatic N) is 3. The van der Waals surface area contributed by atoms with Crippen molar-refractivity contribution in [3.8, 4) is 6.07 Å². The third kappa shape index (κ3) is 1.85. The van der Waals surface area contributed by atoms with Crippen molar-refractivity contribution in [3.63, 3.8) is 0 Å². The fraction of sp³-hybridized carbons (Fsp3) is 0.571. The molecule has 1 unspecified atom stereocenters. The highest BCUT2D eigenvalue weighted by Crippen LogP contribution is 2.28. The number of fused-ring (bicyclic) bond motifs is 1. The lowest BCUT2D eigenvalue weighted by Crippen LogP contribution is -2.34. The van der Waals surface area contributed by atoms with Gasteiger partial charge in [0.1, 0.15) is 11.9 Å². The Morgan fingerprint density at radius 3 is 3.11 bits per heavy atom. The first kappa shape index (κ1) is 11.5. The Morgan fingerprint density at radius 1 is 1.50 bits per heavy atom. The number of pyridine rings is 1. The summed E-state index contributed by atoms with van der Waals surface area (Å²) >= 11 is 0. The van der Waals surface area contributed by atoms with Gasteiger partial charge in [-0.2, -0.15) is 5.26 Å². The van der Waals surface area contributed by atoms with Crippen molar-refractivity contribution >= 4 is 5.82 Å². The highest BCUT2D eigenvalue weighted by Gasteiger charge is 2.24. The van der Waals surface area contributed by atoms with Crippen LogP contribution < -0.4 is 10.2 Å². The van der Waals surface area contributed by atoms with Crippen molar-refractivity contribution in [1.82, 2.24) is 10.3 Å². The molecule has 0 aromatic carbocycles. The summed E-state index contributed by atoms with van der Waals surface area (Å²) in [5.74, 6) is 0.867. The summed E-state index contributed by atoms with van der Waals surface area (Å²) in [5, 5.41) is 12.7. The molecule has 1 saturated heterocycles. The lowest BCUT2D eigenvalue weighted by molar-refractivity contribution is 0.675. The van der Waals surface area contributed by atoms with Crippen LogP contribution in [0.3, 0.4) is 0 Å². The molecule has 1 aliphatic carbocycles. The molecule has 2 aliphatic rings. The van der Waals surface area contributed by atoms with Crippen molar-refractivity contribution in [2.75, 3.05) is 25.0 Å². The second-order valence-electron chi connectivity index (χ2n) is 5.19. The second-order valence-corrected chi connectivity index (χ2v) is 5.19. The highest BCUT2D eigenvalue weighted by atomic mass is 15.2. The first-order chi connectivity index (χ1) is 8.79. The lowest BCUT2D eigenvalue weighted by Gasteiger charge is -2.26. The van der Waals surface area contributed by atoms with Crippen molar-refractivity contribution < 1.29 is 0 Å². The smallest absolute Gasteiger partial charge is 0.146 e. The number of hydrogen-bond donors (Lipinski definition) is 1. The molecule has 4 heteroatoms. The molecular formula is C14H18N4. The van der Waals surface area contributed by atoms with E-state index in [2.05, 4.69) is 23.3 Å². The summed E-state index contributed by atoms with van der Waals surface area (Å²) in [7, 11) is 2.06. The molecule has 4 nitrogen and oxygen atoms in total. The molecule has 0 amide bonds. The Kier molecular flexibility index (Phi) is 2.92. The molecule has 18 heavy (non-hydrogen) atoms. The average molecular weight is 242 g/mol. The molecule has 0 radical (unpaired) electrons. The minimum absolute atomic E-state index is 0.462. The van der Waals surface area contributed by atoms with Gasteiger partial charge in [0.25, 0.3) is 0 Å². The third-order valence-corrected chi connectivity index (χ3v) is 4.07. The second kappa shape index (κ2) is 4.58. The number of aromatic nitrogens is 1. The van der Waals surface area contributed by atoms with Crippen molar-refractivity contribution in [2.24, 2.45) is 0 Å². The zero-order valence-electron chi connectivity index (χ0n) is 10.7. The Labute approximate surface area is 108 Å². The van der Waals surface area contributed by atoms with E-state index in [-0.39, 0.29) is 0 Å². The van der Waals surface area contributed by atoms with Crippen LogP contribution in [0, 0.1) is 11.3 Å². The molecule has 3 rings (SSSR count). The topological polar surface area (TPSA) is 52.0 Å². The number of likely N-dealkylation sites (N-methyl/N-ethyl adjacent to an activating group) is 1. The van der Waals surface area contributed by atoms with Gasteiger partial charge in [0.2, 0.25) is 0 Å². The molecular weight excluding hydrogens is 224 g/mol. The number of aryl methyl sites for hydroxylation is 2. The summed E-state index contributed by atoms with van der Waals surface area (Å²) in [6, 6.07) is 4.81. The lowest BCUT2D eigenvalue weighted by atomic mass is 10.1. The van der Waals surface area contributed by atoms with Crippen molar-refractivity contribution in [3.05, 3.63) is 22.9 Å². The van der Waals surface area contributed by atoms with E-state index in [1.807, 2.05) is 6.07 Å². The molecule has 1 atom stereocenters. The number of hydrogen-bond acceptors (Lipinski definition) is 4. The van der Waals surface area contributed by atoms with E-state index in [0.717, 1.165) is 43.7 Å². The molecule has 0 bridgehead atoms. The summed E-state index contributed by atoms with van der Waals surface area (Å²) in [6.07, 6.45) is 4.43. The van der Waals surface area contributed by atoms with Crippen LogP contribution in [0.15, 0.2) is 6.07 Å². The Balaban J connectivity index is 1.97. The fourth-order valence-corrected chi connectivity index (χ4v) is 2.96. The summed E-state index contributed by atoms with van der Waals surface area (Å²) < 4.78 is 0. The van der Waals surface area contributed by atoms with Gasteiger partial charge < -0.3 is 10.2 Å². The molecule has 1 fully saturated rings. The van der Waals surface area contributed by atoms with Crippen LogP contribution >= 0.6 is 0 Å². The van der Waals surface area contributed by atoms with Gasteiger partial charge in [0.05, 0.1) is 5.56 Å². The van der Waals surface area contributed by atoms with E-state index in [4.69, 9.17) is 4.98 Å². The minimum Gasteiger partial charge on any atom is -0.354 e. The molecule has 0 saturated carbocycles. The fourth-order valence-electron chi connectivity index (χ4n) is 2.96. The van der Waals surface area contributed by atoms with Gasteiger partial charge in [-0.15, -0.1) is 0 Å². The van der Waals surface area contributed by atoms with Gasteiger partial charge in [-0.1, -0.05) is 0 Å². The van der Waals surface area contributed by atoms with Gasteiger partial charge in [0.15, 0.2) is 0 Å². The zero-order valence-corrected chi connectivity index (χ0v) is 10.7. The average Bonchev–Trinajstić information content (AvgIpc) is 3.06. The molecule has 1 aromatic heterocycles.